The highest BCUT2D eigenvalue weighted by Gasteiger charge is 2.14. The van der Waals surface area contributed by atoms with Crippen LogP contribution in [0.3, 0.4) is 0 Å². The Balaban J connectivity index is 1.86. The van der Waals surface area contributed by atoms with E-state index in [0.717, 1.165) is 16.5 Å². The minimum Gasteiger partial charge on any atom is -0.289 e. The zero-order chi connectivity index (χ0) is 17.1. The third-order valence-electron chi connectivity index (χ3n) is 3.48. The number of nitro benzene ring substituents is 1. The lowest BCUT2D eigenvalue weighted by Crippen LogP contribution is -1.97. The first kappa shape index (κ1) is 15.8. The van der Waals surface area contributed by atoms with Crippen molar-refractivity contribution >= 4 is 40.1 Å². The van der Waals surface area contributed by atoms with Crippen molar-refractivity contribution in [3.05, 3.63) is 87.1 Å². The third kappa shape index (κ3) is 3.31. The van der Waals surface area contributed by atoms with Crippen LogP contribution in [-0.2, 0) is 0 Å². The summed E-state index contributed by atoms with van der Waals surface area (Å²) in [6.07, 6.45) is 4.76. The monoisotopic (exact) mass is 338 g/mol. The molecule has 1 heterocycles. The number of carbonyl (C=O) groups is 1. The molecule has 118 valence electrons. The van der Waals surface area contributed by atoms with Crippen LogP contribution in [0.15, 0.2) is 60.8 Å². The molecular weight excluding hydrogens is 328 g/mol. The smallest absolute Gasteiger partial charge is 0.288 e. The van der Waals surface area contributed by atoms with Gasteiger partial charge in [0.2, 0.25) is 0 Å². The van der Waals surface area contributed by atoms with E-state index < -0.39 is 4.92 Å². The second kappa shape index (κ2) is 6.60. The summed E-state index contributed by atoms with van der Waals surface area (Å²) in [5.74, 6) is -0.332. The highest BCUT2D eigenvalue weighted by molar-refractivity contribution is 6.32. The number of hydrogen-bond acceptors (Lipinski definition) is 4. The number of hydrogen-bond donors (Lipinski definition) is 0. The van der Waals surface area contributed by atoms with Crippen molar-refractivity contribution in [3.8, 4) is 0 Å². The number of carbonyl (C=O) groups excluding carboxylic acids is 1. The molecule has 6 heteroatoms. The van der Waals surface area contributed by atoms with E-state index in [4.69, 9.17) is 11.6 Å². The molecule has 0 fully saturated rings. The predicted octanol–water partition coefficient (Wildman–Crippen LogP) is 4.69. The van der Waals surface area contributed by atoms with Crippen LogP contribution in [0.2, 0.25) is 5.02 Å². The highest BCUT2D eigenvalue weighted by Crippen LogP contribution is 2.25. The molecule has 0 N–H and O–H groups in total. The van der Waals surface area contributed by atoms with Gasteiger partial charge in [0.1, 0.15) is 5.02 Å². The average molecular weight is 339 g/mol. The SMILES string of the molecule is O=C(/C=C/c1ccc2ncccc2c1)c1ccc(Cl)c([N+](=O)[O-])c1. The van der Waals surface area contributed by atoms with Crippen molar-refractivity contribution in [2.24, 2.45) is 0 Å². The van der Waals surface area contributed by atoms with E-state index in [-0.39, 0.29) is 22.1 Å². The summed E-state index contributed by atoms with van der Waals surface area (Å²) in [5, 5.41) is 11.9. The van der Waals surface area contributed by atoms with Crippen molar-refractivity contribution in [1.82, 2.24) is 4.98 Å². The first-order chi connectivity index (χ1) is 11.5. The van der Waals surface area contributed by atoms with Gasteiger partial charge in [-0.1, -0.05) is 29.8 Å². The molecule has 0 amide bonds. The molecule has 1 aromatic heterocycles. The molecule has 5 nitrogen and oxygen atoms in total. The second-order valence-electron chi connectivity index (χ2n) is 5.08. The molecule has 3 rings (SSSR count). The van der Waals surface area contributed by atoms with Crippen molar-refractivity contribution in [1.29, 1.82) is 0 Å². The number of fused-ring (bicyclic) bond motifs is 1. The van der Waals surface area contributed by atoms with Crippen LogP contribution < -0.4 is 0 Å². The lowest BCUT2D eigenvalue weighted by Gasteiger charge is -2.00. The Kier molecular flexibility index (Phi) is 4.35. The molecule has 3 aromatic rings. The first-order valence-electron chi connectivity index (χ1n) is 7.06. The number of halogens is 1. The second-order valence-corrected chi connectivity index (χ2v) is 5.48. The Labute approximate surface area is 142 Å². The molecule has 0 spiro atoms. The summed E-state index contributed by atoms with van der Waals surface area (Å²) in [6, 6.07) is 13.4. The lowest BCUT2D eigenvalue weighted by atomic mass is 10.1. The maximum Gasteiger partial charge on any atom is 0.288 e. The van der Waals surface area contributed by atoms with Crippen LogP contribution in [0.1, 0.15) is 15.9 Å². The van der Waals surface area contributed by atoms with Gasteiger partial charge >= 0.3 is 0 Å². The van der Waals surface area contributed by atoms with Crippen molar-refractivity contribution in [3.63, 3.8) is 0 Å². The zero-order valence-electron chi connectivity index (χ0n) is 12.3. The molecule has 0 unspecified atom stereocenters. The molecular formula is C18H11ClN2O3. The van der Waals surface area contributed by atoms with E-state index in [9.17, 15) is 14.9 Å². The van der Waals surface area contributed by atoms with Gasteiger partial charge in [0.25, 0.3) is 5.69 Å². The van der Waals surface area contributed by atoms with Gasteiger partial charge < -0.3 is 0 Å². The van der Waals surface area contributed by atoms with E-state index in [2.05, 4.69) is 4.98 Å². The number of benzene rings is 2. The molecule has 0 aliphatic rings. The van der Waals surface area contributed by atoms with Gasteiger partial charge in [-0.2, -0.15) is 0 Å². The maximum atomic E-state index is 12.2. The van der Waals surface area contributed by atoms with Gasteiger partial charge in [-0.05, 0) is 42.0 Å². The largest absolute Gasteiger partial charge is 0.289 e. The molecule has 24 heavy (non-hydrogen) atoms. The van der Waals surface area contributed by atoms with Gasteiger partial charge in [0, 0.05) is 23.2 Å². The summed E-state index contributed by atoms with van der Waals surface area (Å²) in [7, 11) is 0. The van der Waals surface area contributed by atoms with E-state index >= 15 is 0 Å². The fourth-order valence-electron chi connectivity index (χ4n) is 2.27. The van der Waals surface area contributed by atoms with Gasteiger partial charge in [-0.15, -0.1) is 0 Å². The Morgan fingerprint density at radius 3 is 2.79 bits per heavy atom. The predicted molar refractivity (Wildman–Crippen MR) is 93.2 cm³/mol. The van der Waals surface area contributed by atoms with Crippen LogP contribution >= 0.6 is 11.6 Å². The summed E-state index contributed by atoms with van der Waals surface area (Å²) >= 11 is 5.75. The number of ketones is 1. The van der Waals surface area contributed by atoms with Gasteiger partial charge in [0.15, 0.2) is 5.78 Å². The average Bonchev–Trinajstić information content (AvgIpc) is 2.59. The van der Waals surface area contributed by atoms with Gasteiger partial charge in [0.05, 0.1) is 10.4 Å². The molecule has 0 bridgehead atoms. The summed E-state index contributed by atoms with van der Waals surface area (Å²) in [6.45, 7) is 0. The normalized spacial score (nSPS) is 11.0. The van der Waals surface area contributed by atoms with E-state index in [1.165, 1.54) is 24.3 Å². The molecule has 0 saturated heterocycles. The molecule has 0 aliphatic carbocycles. The molecule has 0 radical (unpaired) electrons. The van der Waals surface area contributed by atoms with Crippen LogP contribution in [0.25, 0.3) is 17.0 Å². The van der Waals surface area contributed by atoms with Crippen LogP contribution in [-0.4, -0.2) is 15.7 Å². The van der Waals surface area contributed by atoms with Gasteiger partial charge in [-0.3, -0.25) is 19.9 Å². The molecule has 0 saturated carbocycles. The molecule has 2 aromatic carbocycles. The number of aromatic nitrogens is 1. The fraction of sp³-hybridized carbons (Fsp3) is 0. The minimum atomic E-state index is -0.612. The third-order valence-corrected chi connectivity index (χ3v) is 3.80. The van der Waals surface area contributed by atoms with Gasteiger partial charge in [-0.25, -0.2) is 0 Å². The summed E-state index contributed by atoms with van der Waals surface area (Å²) in [5.41, 5.74) is 1.64. The first-order valence-corrected chi connectivity index (χ1v) is 7.43. The highest BCUT2D eigenvalue weighted by atomic mass is 35.5. The molecule has 0 atom stereocenters. The van der Waals surface area contributed by atoms with Crippen LogP contribution in [0.5, 0.6) is 0 Å². The number of allylic oxidation sites excluding steroid dienone is 1. The Bertz CT molecular complexity index is 983. The lowest BCUT2D eigenvalue weighted by molar-refractivity contribution is -0.384. The van der Waals surface area contributed by atoms with Crippen molar-refractivity contribution < 1.29 is 9.72 Å². The van der Waals surface area contributed by atoms with Crippen LogP contribution in [0, 0.1) is 10.1 Å². The Morgan fingerprint density at radius 1 is 1.17 bits per heavy atom. The number of nitro groups is 1. The fourth-order valence-corrected chi connectivity index (χ4v) is 2.46. The van der Waals surface area contributed by atoms with Crippen molar-refractivity contribution in [2.75, 3.05) is 0 Å². The summed E-state index contributed by atoms with van der Waals surface area (Å²) < 4.78 is 0. The molecule has 0 aliphatic heterocycles. The zero-order valence-corrected chi connectivity index (χ0v) is 13.1. The number of nitrogens with zero attached hydrogens (tertiary/aromatic N) is 2. The van der Waals surface area contributed by atoms with Crippen molar-refractivity contribution in [2.45, 2.75) is 0 Å². The number of pyridine rings is 1. The minimum absolute atomic E-state index is 0.00237. The van der Waals surface area contributed by atoms with Crippen LogP contribution in [0.4, 0.5) is 5.69 Å². The van der Waals surface area contributed by atoms with E-state index in [1.54, 1.807) is 12.3 Å². The summed E-state index contributed by atoms with van der Waals surface area (Å²) in [4.78, 5) is 26.7. The maximum absolute atomic E-state index is 12.2. The quantitative estimate of drug-likeness (QED) is 0.299. The Hall–Kier alpha value is -3.05. The van der Waals surface area contributed by atoms with E-state index in [1.807, 2.05) is 30.3 Å². The van der Waals surface area contributed by atoms with E-state index in [0.29, 0.717) is 0 Å². The number of rotatable bonds is 4. The topological polar surface area (TPSA) is 73.1 Å². The standard InChI is InChI=1S/C18H11ClN2O3/c19-15-6-5-14(11-17(15)21(23)24)18(22)8-4-12-3-7-16-13(10-12)2-1-9-20-16/h1-11H/b8-4+. The Morgan fingerprint density at radius 2 is 2.00 bits per heavy atom.